The summed E-state index contributed by atoms with van der Waals surface area (Å²) >= 11 is 0. The largest absolute Gasteiger partial charge is 0.480 e. The zero-order valence-corrected chi connectivity index (χ0v) is 11.6. The van der Waals surface area contributed by atoms with E-state index < -0.39 is 34.9 Å². The lowest BCUT2D eigenvalue weighted by atomic mass is 10.3. The molecule has 0 heterocycles. The molecule has 1 rings (SSSR count). The lowest BCUT2D eigenvalue weighted by Crippen LogP contribution is -2.34. The van der Waals surface area contributed by atoms with Crippen molar-refractivity contribution in [3.63, 3.8) is 0 Å². The third kappa shape index (κ3) is 4.23. The summed E-state index contributed by atoms with van der Waals surface area (Å²) in [5.74, 6) is -2.38. The SMILES string of the molecule is CCS(=O)(=O)c1ccc(N(CC(=O)O)CC(=O)O)cc1. The molecular weight excluding hydrogens is 286 g/mol. The number of aliphatic carboxylic acids is 2. The summed E-state index contributed by atoms with van der Waals surface area (Å²) in [4.78, 5) is 22.7. The van der Waals surface area contributed by atoms with E-state index in [0.29, 0.717) is 5.69 Å². The van der Waals surface area contributed by atoms with Crippen LogP contribution in [-0.2, 0) is 19.4 Å². The van der Waals surface area contributed by atoms with Crippen molar-refractivity contribution in [3.8, 4) is 0 Å². The van der Waals surface area contributed by atoms with Gasteiger partial charge in [-0.2, -0.15) is 0 Å². The van der Waals surface area contributed by atoms with Crippen LogP contribution in [0, 0.1) is 0 Å². The van der Waals surface area contributed by atoms with Crippen molar-refractivity contribution >= 4 is 27.5 Å². The zero-order chi connectivity index (χ0) is 15.3. The fraction of sp³-hybridized carbons (Fsp3) is 0.333. The molecule has 0 aliphatic carbocycles. The molecule has 2 N–H and O–H groups in total. The fourth-order valence-electron chi connectivity index (χ4n) is 1.60. The number of anilines is 1. The normalized spacial score (nSPS) is 11.1. The maximum atomic E-state index is 11.6. The first-order valence-corrected chi connectivity index (χ1v) is 7.43. The number of hydrogen-bond acceptors (Lipinski definition) is 5. The summed E-state index contributed by atoms with van der Waals surface area (Å²) in [6.07, 6.45) is 0. The van der Waals surface area contributed by atoms with E-state index in [9.17, 15) is 18.0 Å². The van der Waals surface area contributed by atoms with Crippen LogP contribution in [-0.4, -0.2) is 49.4 Å². The Morgan fingerprint density at radius 3 is 1.85 bits per heavy atom. The van der Waals surface area contributed by atoms with Crippen LogP contribution in [0.3, 0.4) is 0 Å². The molecule has 0 aliphatic heterocycles. The lowest BCUT2D eigenvalue weighted by molar-refractivity contribution is -0.136. The number of rotatable bonds is 7. The molecule has 1 aromatic rings. The Morgan fingerprint density at radius 1 is 1.05 bits per heavy atom. The predicted octanol–water partition coefficient (Wildman–Crippen LogP) is 0.456. The number of carboxylic acids is 2. The van der Waals surface area contributed by atoms with Gasteiger partial charge in [-0.25, -0.2) is 8.42 Å². The Bertz CT molecular complexity index is 577. The summed E-state index contributed by atoms with van der Waals surface area (Å²) < 4.78 is 23.3. The molecule has 20 heavy (non-hydrogen) atoms. The molecule has 0 bridgehead atoms. The number of benzene rings is 1. The van der Waals surface area contributed by atoms with Crippen molar-refractivity contribution in [1.29, 1.82) is 0 Å². The van der Waals surface area contributed by atoms with Gasteiger partial charge in [-0.1, -0.05) is 6.92 Å². The summed E-state index contributed by atoms with van der Waals surface area (Å²) in [7, 11) is -3.34. The van der Waals surface area contributed by atoms with Gasteiger partial charge in [-0.3, -0.25) is 9.59 Å². The van der Waals surface area contributed by atoms with Crippen LogP contribution < -0.4 is 4.90 Å². The predicted molar refractivity (Wildman–Crippen MR) is 71.7 cm³/mol. The Morgan fingerprint density at radius 2 is 1.50 bits per heavy atom. The summed E-state index contributed by atoms with van der Waals surface area (Å²) in [6, 6.07) is 5.47. The topological polar surface area (TPSA) is 112 Å². The Balaban J connectivity index is 3.04. The first-order valence-electron chi connectivity index (χ1n) is 5.77. The first-order chi connectivity index (χ1) is 9.26. The maximum Gasteiger partial charge on any atom is 0.323 e. The first kappa shape index (κ1) is 16.0. The molecule has 0 atom stereocenters. The van der Waals surface area contributed by atoms with Gasteiger partial charge >= 0.3 is 11.9 Å². The van der Waals surface area contributed by atoms with Gasteiger partial charge in [-0.15, -0.1) is 0 Å². The Labute approximate surface area is 116 Å². The Hall–Kier alpha value is -2.09. The van der Waals surface area contributed by atoms with Crippen molar-refractivity contribution < 1.29 is 28.2 Å². The fourth-order valence-corrected chi connectivity index (χ4v) is 2.48. The molecule has 0 radical (unpaired) electrons. The number of sulfone groups is 1. The van der Waals surface area contributed by atoms with E-state index in [1.165, 1.54) is 31.2 Å². The molecule has 0 amide bonds. The van der Waals surface area contributed by atoms with E-state index in [0.717, 1.165) is 4.90 Å². The smallest absolute Gasteiger partial charge is 0.323 e. The minimum atomic E-state index is -3.34. The highest BCUT2D eigenvalue weighted by atomic mass is 32.2. The lowest BCUT2D eigenvalue weighted by Gasteiger charge is -2.20. The average Bonchev–Trinajstić information content (AvgIpc) is 2.37. The monoisotopic (exact) mass is 301 g/mol. The summed E-state index contributed by atoms with van der Waals surface area (Å²) in [6.45, 7) is 0.558. The Kier molecular flexibility index (Phi) is 5.09. The molecule has 7 nitrogen and oxygen atoms in total. The van der Waals surface area contributed by atoms with E-state index in [4.69, 9.17) is 10.2 Å². The zero-order valence-electron chi connectivity index (χ0n) is 10.8. The highest BCUT2D eigenvalue weighted by Gasteiger charge is 2.16. The second-order valence-corrected chi connectivity index (χ2v) is 6.32. The van der Waals surface area contributed by atoms with Crippen LogP contribution in [0.25, 0.3) is 0 Å². The van der Waals surface area contributed by atoms with Crippen LogP contribution in [0.4, 0.5) is 5.69 Å². The van der Waals surface area contributed by atoms with E-state index >= 15 is 0 Å². The molecule has 0 spiro atoms. The molecule has 0 aromatic heterocycles. The molecule has 0 saturated heterocycles. The van der Waals surface area contributed by atoms with Crippen molar-refractivity contribution in [1.82, 2.24) is 0 Å². The third-order valence-electron chi connectivity index (χ3n) is 2.59. The van der Waals surface area contributed by atoms with Crippen LogP contribution in [0.2, 0.25) is 0 Å². The minimum Gasteiger partial charge on any atom is -0.480 e. The number of carboxylic acid groups (broad SMARTS) is 2. The van der Waals surface area contributed by atoms with Crippen molar-refractivity contribution in [2.75, 3.05) is 23.7 Å². The standard InChI is InChI=1S/C12H15NO6S/c1-2-20(18,19)10-5-3-9(4-6-10)13(7-11(14)15)8-12(16)17/h3-6H,2,7-8H2,1H3,(H,14,15)(H,16,17). The maximum absolute atomic E-state index is 11.6. The van der Waals surface area contributed by atoms with Crippen LogP contribution in [0.5, 0.6) is 0 Å². The van der Waals surface area contributed by atoms with Gasteiger partial charge in [0.05, 0.1) is 10.6 Å². The van der Waals surface area contributed by atoms with Gasteiger partial charge in [-0.05, 0) is 24.3 Å². The molecule has 0 unspecified atom stereocenters. The van der Waals surface area contributed by atoms with Gasteiger partial charge in [0.1, 0.15) is 13.1 Å². The minimum absolute atomic E-state index is 0.0414. The van der Waals surface area contributed by atoms with Crippen LogP contribution >= 0.6 is 0 Å². The molecule has 110 valence electrons. The average molecular weight is 301 g/mol. The van der Waals surface area contributed by atoms with Crippen LogP contribution in [0.1, 0.15) is 6.92 Å². The second-order valence-electron chi connectivity index (χ2n) is 4.04. The molecular formula is C12H15NO6S. The van der Waals surface area contributed by atoms with E-state index in [2.05, 4.69) is 0 Å². The van der Waals surface area contributed by atoms with Crippen LogP contribution in [0.15, 0.2) is 29.2 Å². The summed E-state index contributed by atoms with van der Waals surface area (Å²) in [5.41, 5.74) is 0.338. The van der Waals surface area contributed by atoms with Crippen molar-refractivity contribution in [3.05, 3.63) is 24.3 Å². The van der Waals surface area contributed by atoms with Gasteiger partial charge in [0.2, 0.25) is 0 Å². The highest BCUT2D eigenvalue weighted by Crippen LogP contribution is 2.18. The molecule has 1 aromatic carbocycles. The van der Waals surface area contributed by atoms with Gasteiger partial charge in [0.15, 0.2) is 9.84 Å². The van der Waals surface area contributed by atoms with E-state index in [1.54, 1.807) is 0 Å². The van der Waals surface area contributed by atoms with Crippen molar-refractivity contribution in [2.24, 2.45) is 0 Å². The number of hydrogen-bond donors (Lipinski definition) is 2. The highest BCUT2D eigenvalue weighted by molar-refractivity contribution is 7.91. The molecule has 0 saturated carbocycles. The van der Waals surface area contributed by atoms with E-state index in [-0.39, 0.29) is 10.6 Å². The molecule has 0 fully saturated rings. The quantitative estimate of drug-likeness (QED) is 0.752. The van der Waals surface area contributed by atoms with E-state index in [1.807, 2.05) is 0 Å². The molecule has 0 aliphatic rings. The third-order valence-corrected chi connectivity index (χ3v) is 4.34. The van der Waals surface area contributed by atoms with Crippen molar-refractivity contribution in [2.45, 2.75) is 11.8 Å². The molecule has 8 heteroatoms. The second kappa shape index (κ2) is 6.38. The van der Waals surface area contributed by atoms with Gasteiger partial charge in [0.25, 0.3) is 0 Å². The van der Waals surface area contributed by atoms with Gasteiger partial charge in [0, 0.05) is 5.69 Å². The summed E-state index contributed by atoms with van der Waals surface area (Å²) in [5, 5.41) is 17.5. The number of carbonyl (C=O) groups is 2. The van der Waals surface area contributed by atoms with Gasteiger partial charge < -0.3 is 15.1 Å². The number of nitrogens with zero attached hydrogens (tertiary/aromatic N) is 1.